The maximum absolute atomic E-state index is 5.67. The molecule has 14 heavy (non-hydrogen) atoms. The zero-order valence-corrected chi connectivity index (χ0v) is 9.97. The Morgan fingerprint density at radius 3 is 2.43 bits per heavy atom. The number of hydrogen-bond acceptors (Lipinski definition) is 3. The first kappa shape index (κ1) is 11.2. The van der Waals surface area contributed by atoms with Gasteiger partial charge in [0.25, 0.3) is 0 Å². The van der Waals surface area contributed by atoms with E-state index in [1.54, 1.807) is 12.1 Å². The highest BCUT2D eigenvalue weighted by molar-refractivity contribution is 9.10. The van der Waals surface area contributed by atoms with E-state index in [2.05, 4.69) is 29.8 Å². The molecule has 1 rings (SSSR count). The highest BCUT2D eigenvalue weighted by atomic mass is 79.9. The van der Waals surface area contributed by atoms with Gasteiger partial charge in [-0.25, -0.2) is 0 Å². The highest BCUT2D eigenvalue weighted by Gasteiger charge is 2.05. The van der Waals surface area contributed by atoms with Crippen LogP contribution in [0.15, 0.2) is 16.6 Å². The van der Waals surface area contributed by atoms with Gasteiger partial charge in [-0.2, -0.15) is 0 Å². The fraction of sp³-hybridized carbons (Fsp3) is 0.400. The average Bonchev–Trinajstić information content (AvgIpc) is 2.09. The molecule has 1 aromatic carbocycles. The Labute approximate surface area is 92.6 Å². The van der Waals surface area contributed by atoms with Crippen LogP contribution in [-0.4, -0.2) is 6.61 Å². The SMILES string of the molecule is CC(C)COc1cc(N)c(N)cc1Br. The van der Waals surface area contributed by atoms with Gasteiger partial charge in [0.15, 0.2) is 0 Å². The van der Waals surface area contributed by atoms with Crippen molar-refractivity contribution in [1.82, 2.24) is 0 Å². The van der Waals surface area contributed by atoms with Crippen molar-refractivity contribution in [3.63, 3.8) is 0 Å². The van der Waals surface area contributed by atoms with Gasteiger partial charge >= 0.3 is 0 Å². The van der Waals surface area contributed by atoms with Crippen molar-refractivity contribution in [2.45, 2.75) is 13.8 Å². The van der Waals surface area contributed by atoms with Gasteiger partial charge in [-0.05, 0) is 27.9 Å². The summed E-state index contributed by atoms with van der Waals surface area (Å²) in [6, 6.07) is 3.49. The summed E-state index contributed by atoms with van der Waals surface area (Å²) in [5.74, 6) is 1.23. The fourth-order valence-electron chi connectivity index (χ4n) is 0.952. The quantitative estimate of drug-likeness (QED) is 0.820. The molecule has 0 aliphatic rings. The first-order valence-electron chi connectivity index (χ1n) is 4.48. The molecule has 78 valence electrons. The van der Waals surface area contributed by atoms with Gasteiger partial charge < -0.3 is 16.2 Å². The monoisotopic (exact) mass is 258 g/mol. The number of halogens is 1. The third kappa shape index (κ3) is 2.80. The average molecular weight is 259 g/mol. The molecule has 0 aromatic heterocycles. The number of rotatable bonds is 3. The molecule has 0 aliphatic heterocycles. The minimum absolute atomic E-state index is 0.487. The summed E-state index contributed by atoms with van der Waals surface area (Å²) < 4.78 is 6.39. The van der Waals surface area contributed by atoms with E-state index in [4.69, 9.17) is 16.2 Å². The van der Waals surface area contributed by atoms with Gasteiger partial charge in [0.05, 0.1) is 22.5 Å². The maximum atomic E-state index is 5.67. The second-order valence-electron chi connectivity index (χ2n) is 3.62. The first-order chi connectivity index (χ1) is 6.50. The fourth-order valence-corrected chi connectivity index (χ4v) is 1.43. The van der Waals surface area contributed by atoms with Crippen LogP contribution < -0.4 is 16.2 Å². The lowest BCUT2D eigenvalue weighted by molar-refractivity contribution is 0.269. The zero-order chi connectivity index (χ0) is 10.7. The molecule has 3 nitrogen and oxygen atoms in total. The topological polar surface area (TPSA) is 61.3 Å². The predicted octanol–water partition coefficient (Wildman–Crippen LogP) is 2.65. The largest absolute Gasteiger partial charge is 0.492 e. The standard InChI is InChI=1S/C10H15BrN2O/c1-6(2)5-14-10-4-9(13)8(12)3-7(10)11/h3-4,6H,5,12-13H2,1-2H3. The Bertz CT molecular complexity index is 326. The van der Waals surface area contributed by atoms with Gasteiger partial charge in [-0.3, -0.25) is 0 Å². The molecule has 0 saturated heterocycles. The number of nitrogens with two attached hydrogens (primary N) is 2. The van der Waals surface area contributed by atoms with E-state index < -0.39 is 0 Å². The van der Waals surface area contributed by atoms with E-state index in [-0.39, 0.29) is 0 Å². The Kier molecular flexibility index (Phi) is 3.63. The van der Waals surface area contributed by atoms with E-state index in [0.717, 1.165) is 10.2 Å². The Morgan fingerprint density at radius 1 is 1.29 bits per heavy atom. The lowest BCUT2D eigenvalue weighted by atomic mass is 10.2. The molecule has 1 aromatic rings. The number of anilines is 2. The van der Waals surface area contributed by atoms with E-state index in [1.807, 2.05) is 0 Å². The molecule has 0 radical (unpaired) electrons. The summed E-state index contributed by atoms with van der Waals surface area (Å²) >= 11 is 3.37. The van der Waals surface area contributed by atoms with Crippen molar-refractivity contribution in [3.05, 3.63) is 16.6 Å². The molecule has 0 fully saturated rings. The van der Waals surface area contributed by atoms with Gasteiger partial charge in [0.1, 0.15) is 5.75 Å². The van der Waals surface area contributed by atoms with Crippen molar-refractivity contribution in [2.75, 3.05) is 18.1 Å². The summed E-state index contributed by atoms with van der Waals surface area (Å²) in [5.41, 5.74) is 12.4. The van der Waals surface area contributed by atoms with Gasteiger partial charge in [0, 0.05) is 6.07 Å². The summed E-state index contributed by atoms with van der Waals surface area (Å²) in [7, 11) is 0. The molecule has 0 spiro atoms. The van der Waals surface area contributed by atoms with E-state index in [9.17, 15) is 0 Å². The van der Waals surface area contributed by atoms with E-state index in [0.29, 0.717) is 23.9 Å². The summed E-state index contributed by atoms with van der Waals surface area (Å²) in [5, 5.41) is 0. The Hall–Kier alpha value is -0.900. The minimum atomic E-state index is 0.487. The van der Waals surface area contributed by atoms with Crippen LogP contribution in [0, 0.1) is 5.92 Å². The molecule has 0 amide bonds. The van der Waals surface area contributed by atoms with Gasteiger partial charge in [-0.15, -0.1) is 0 Å². The van der Waals surface area contributed by atoms with Crippen LogP contribution in [0.4, 0.5) is 11.4 Å². The Balaban J connectivity index is 2.82. The van der Waals surface area contributed by atoms with Crippen molar-refractivity contribution >= 4 is 27.3 Å². The zero-order valence-electron chi connectivity index (χ0n) is 8.38. The van der Waals surface area contributed by atoms with Crippen molar-refractivity contribution in [2.24, 2.45) is 5.92 Å². The Morgan fingerprint density at radius 2 is 1.86 bits per heavy atom. The van der Waals surface area contributed by atoms with Crippen molar-refractivity contribution in [1.29, 1.82) is 0 Å². The highest BCUT2D eigenvalue weighted by Crippen LogP contribution is 2.31. The number of nitrogen functional groups attached to an aromatic ring is 2. The van der Waals surface area contributed by atoms with Crippen LogP contribution in [0.2, 0.25) is 0 Å². The maximum Gasteiger partial charge on any atom is 0.135 e. The van der Waals surface area contributed by atoms with E-state index in [1.165, 1.54) is 0 Å². The molecule has 0 saturated carbocycles. The molecule has 0 bridgehead atoms. The van der Waals surface area contributed by atoms with Crippen LogP contribution in [0.5, 0.6) is 5.75 Å². The number of ether oxygens (including phenoxy) is 1. The molecule has 0 unspecified atom stereocenters. The molecule has 4 N–H and O–H groups in total. The van der Waals surface area contributed by atoms with Crippen LogP contribution in [-0.2, 0) is 0 Å². The van der Waals surface area contributed by atoms with Crippen molar-refractivity contribution in [3.8, 4) is 5.75 Å². The van der Waals surface area contributed by atoms with Gasteiger partial charge in [-0.1, -0.05) is 13.8 Å². The lowest BCUT2D eigenvalue weighted by Gasteiger charge is -2.11. The molecule has 0 heterocycles. The van der Waals surface area contributed by atoms with E-state index >= 15 is 0 Å². The molecular weight excluding hydrogens is 244 g/mol. The second-order valence-corrected chi connectivity index (χ2v) is 4.47. The minimum Gasteiger partial charge on any atom is -0.492 e. The van der Waals surface area contributed by atoms with Crippen LogP contribution in [0.25, 0.3) is 0 Å². The second kappa shape index (κ2) is 4.55. The van der Waals surface area contributed by atoms with Crippen LogP contribution in [0.3, 0.4) is 0 Å². The summed E-state index contributed by atoms with van der Waals surface area (Å²) in [6.45, 7) is 4.85. The summed E-state index contributed by atoms with van der Waals surface area (Å²) in [4.78, 5) is 0. The van der Waals surface area contributed by atoms with Crippen molar-refractivity contribution < 1.29 is 4.74 Å². The molecule has 0 atom stereocenters. The molecular formula is C10H15BrN2O. The predicted molar refractivity (Wildman–Crippen MR) is 63.3 cm³/mol. The normalized spacial score (nSPS) is 10.6. The third-order valence-corrected chi connectivity index (χ3v) is 2.33. The number of benzene rings is 1. The third-order valence-electron chi connectivity index (χ3n) is 1.71. The molecule has 4 heteroatoms. The summed E-state index contributed by atoms with van der Waals surface area (Å²) in [6.07, 6.45) is 0. The van der Waals surface area contributed by atoms with Crippen LogP contribution >= 0.6 is 15.9 Å². The van der Waals surface area contributed by atoms with Gasteiger partial charge in [0.2, 0.25) is 0 Å². The lowest BCUT2D eigenvalue weighted by Crippen LogP contribution is -2.05. The number of hydrogen-bond donors (Lipinski definition) is 2. The first-order valence-corrected chi connectivity index (χ1v) is 5.27. The molecule has 0 aliphatic carbocycles. The smallest absolute Gasteiger partial charge is 0.135 e. The van der Waals surface area contributed by atoms with Crippen LogP contribution in [0.1, 0.15) is 13.8 Å².